The van der Waals surface area contributed by atoms with E-state index in [1.165, 1.54) is 0 Å². The lowest BCUT2D eigenvalue weighted by molar-refractivity contribution is 0.508. The Morgan fingerprint density at radius 3 is 1.93 bits per heavy atom. The van der Waals surface area contributed by atoms with Gasteiger partial charge in [0.25, 0.3) is 0 Å². The van der Waals surface area contributed by atoms with Crippen molar-refractivity contribution >= 4 is 0 Å². The van der Waals surface area contributed by atoms with Crippen LogP contribution < -0.4 is 0 Å². The molecule has 1 unspecified atom stereocenters. The number of nitrogens with zero attached hydrogens (tertiary/aromatic N) is 3. The standard InChI is InChI=1S/C11H15N3/c12-8-4-1-2-6-11(10-14)7-3-5-9-13/h11H,1-7H2. The number of nitriles is 3. The highest BCUT2D eigenvalue weighted by atomic mass is 14.3. The molecule has 1 atom stereocenters. The summed E-state index contributed by atoms with van der Waals surface area (Å²) in [4.78, 5) is 0. The van der Waals surface area contributed by atoms with Gasteiger partial charge in [0, 0.05) is 18.8 Å². The first kappa shape index (κ1) is 12.5. The van der Waals surface area contributed by atoms with E-state index in [4.69, 9.17) is 15.8 Å². The van der Waals surface area contributed by atoms with Gasteiger partial charge in [-0.1, -0.05) is 6.42 Å². The fourth-order valence-electron chi connectivity index (χ4n) is 1.30. The Kier molecular flexibility index (Phi) is 8.51. The minimum Gasteiger partial charge on any atom is -0.198 e. The average molecular weight is 189 g/mol. The van der Waals surface area contributed by atoms with Crippen molar-refractivity contribution in [3.8, 4) is 18.2 Å². The van der Waals surface area contributed by atoms with Crippen molar-refractivity contribution in [3.05, 3.63) is 0 Å². The van der Waals surface area contributed by atoms with Crippen molar-refractivity contribution in [1.82, 2.24) is 0 Å². The molecule has 3 nitrogen and oxygen atoms in total. The van der Waals surface area contributed by atoms with E-state index in [1.54, 1.807) is 0 Å². The van der Waals surface area contributed by atoms with E-state index in [-0.39, 0.29) is 5.92 Å². The predicted octanol–water partition coefficient (Wildman–Crippen LogP) is 2.90. The summed E-state index contributed by atoms with van der Waals surface area (Å²) in [6, 6.07) is 6.40. The molecule has 0 saturated carbocycles. The van der Waals surface area contributed by atoms with Crippen LogP contribution in [0.25, 0.3) is 0 Å². The molecule has 0 heterocycles. The van der Waals surface area contributed by atoms with Crippen molar-refractivity contribution in [2.45, 2.75) is 44.9 Å². The quantitative estimate of drug-likeness (QED) is 0.578. The zero-order valence-corrected chi connectivity index (χ0v) is 8.37. The number of unbranched alkanes of at least 4 members (excludes halogenated alkanes) is 3. The van der Waals surface area contributed by atoms with Crippen LogP contribution in [0.4, 0.5) is 0 Å². The molecule has 0 aliphatic rings. The van der Waals surface area contributed by atoms with Crippen LogP contribution >= 0.6 is 0 Å². The first-order valence-corrected chi connectivity index (χ1v) is 4.98. The van der Waals surface area contributed by atoms with Gasteiger partial charge in [0.05, 0.1) is 18.2 Å². The van der Waals surface area contributed by atoms with Gasteiger partial charge in [-0.3, -0.25) is 0 Å². The van der Waals surface area contributed by atoms with Gasteiger partial charge in [-0.15, -0.1) is 0 Å². The van der Waals surface area contributed by atoms with Crippen LogP contribution in [0.15, 0.2) is 0 Å². The molecule has 0 aromatic rings. The van der Waals surface area contributed by atoms with Crippen molar-refractivity contribution < 1.29 is 0 Å². The van der Waals surface area contributed by atoms with Gasteiger partial charge in [-0.25, -0.2) is 0 Å². The van der Waals surface area contributed by atoms with Gasteiger partial charge in [-0.2, -0.15) is 15.8 Å². The molecule has 0 fully saturated rings. The Morgan fingerprint density at radius 2 is 1.36 bits per heavy atom. The predicted molar refractivity (Wildman–Crippen MR) is 52.6 cm³/mol. The van der Waals surface area contributed by atoms with Gasteiger partial charge in [0.2, 0.25) is 0 Å². The molecule has 3 heteroatoms. The van der Waals surface area contributed by atoms with E-state index in [0.717, 1.165) is 32.1 Å². The van der Waals surface area contributed by atoms with E-state index in [1.807, 2.05) is 0 Å². The molecular formula is C11H15N3. The maximum absolute atomic E-state index is 8.78. The highest BCUT2D eigenvalue weighted by molar-refractivity contribution is 4.84. The minimum absolute atomic E-state index is 0.0713. The smallest absolute Gasteiger partial charge is 0.0655 e. The second-order valence-electron chi connectivity index (χ2n) is 3.28. The van der Waals surface area contributed by atoms with Crippen molar-refractivity contribution in [2.24, 2.45) is 5.92 Å². The molecule has 74 valence electrons. The molecule has 0 aliphatic carbocycles. The maximum Gasteiger partial charge on any atom is 0.0655 e. The van der Waals surface area contributed by atoms with Gasteiger partial charge < -0.3 is 0 Å². The highest BCUT2D eigenvalue weighted by Crippen LogP contribution is 2.15. The van der Waals surface area contributed by atoms with Crippen LogP contribution in [0.5, 0.6) is 0 Å². The zero-order valence-electron chi connectivity index (χ0n) is 8.37. The van der Waals surface area contributed by atoms with Crippen molar-refractivity contribution in [3.63, 3.8) is 0 Å². The Morgan fingerprint density at radius 1 is 0.786 bits per heavy atom. The Balaban J connectivity index is 3.46. The van der Waals surface area contributed by atoms with Gasteiger partial charge >= 0.3 is 0 Å². The Hall–Kier alpha value is -1.53. The molecule has 0 amide bonds. The summed E-state index contributed by atoms with van der Waals surface area (Å²) >= 11 is 0. The minimum atomic E-state index is 0.0713. The molecular weight excluding hydrogens is 174 g/mol. The van der Waals surface area contributed by atoms with Crippen LogP contribution in [0.2, 0.25) is 0 Å². The van der Waals surface area contributed by atoms with Gasteiger partial charge in [-0.05, 0) is 25.7 Å². The molecule has 0 aromatic heterocycles. The number of rotatable bonds is 7. The fraction of sp³-hybridized carbons (Fsp3) is 0.727. The SMILES string of the molecule is N#CCCCCC(C#N)CCCC#N. The summed E-state index contributed by atoms with van der Waals surface area (Å²) in [5.74, 6) is 0.0713. The van der Waals surface area contributed by atoms with Crippen LogP contribution in [0.3, 0.4) is 0 Å². The molecule has 0 rings (SSSR count). The van der Waals surface area contributed by atoms with E-state index in [0.29, 0.717) is 12.8 Å². The third-order valence-corrected chi connectivity index (χ3v) is 2.11. The molecule has 0 aliphatic heterocycles. The van der Waals surface area contributed by atoms with E-state index in [9.17, 15) is 0 Å². The highest BCUT2D eigenvalue weighted by Gasteiger charge is 2.06. The van der Waals surface area contributed by atoms with E-state index < -0.39 is 0 Å². The number of hydrogen-bond donors (Lipinski definition) is 0. The average Bonchev–Trinajstić information content (AvgIpc) is 2.22. The molecule has 0 bridgehead atoms. The molecule has 14 heavy (non-hydrogen) atoms. The van der Waals surface area contributed by atoms with E-state index >= 15 is 0 Å². The van der Waals surface area contributed by atoms with Gasteiger partial charge in [0.1, 0.15) is 0 Å². The topological polar surface area (TPSA) is 71.4 Å². The largest absolute Gasteiger partial charge is 0.198 e. The first-order valence-electron chi connectivity index (χ1n) is 4.98. The summed E-state index contributed by atoms with van der Waals surface area (Å²) < 4.78 is 0. The lowest BCUT2D eigenvalue weighted by atomic mass is 9.97. The third-order valence-electron chi connectivity index (χ3n) is 2.11. The lowest BCUT2D eigenvalue weighted by Gasteiger charge is -2.05. The Bertz CT molecular complexity index is 251. The monoisotopic (exact) mass is 189 g/mol. The molecule has 0 saturated heterocycles. The lowest BCUT2D eigenvalue weighted by Crippen LogP contribution is -1.96. The van der Waals surface area contributed by atoms with E-state index in [2.05, 4.69) is 18.2 Å². The molecule has 0 spiro atoms. The zero-order chi connectivity index (χ0) is 10.6. The van der Waals surface area contributed by atoms with Crippen LogP contribution in [0.1, 0.15) is 44.9 Å². The maximum atomic E-state index is 8.78. The number of hydrogen-bond acceptors (Lipinski definition) is 3. The second kappa shape index (κ2) is 9.56. The van der Waals surface area contributed by atoms with Crippen molar-refractivity contribution in [2.75, 3.05) is 0 Å². The summed E-state index contributed by atoms with van der Waals surface area (Å²) in [6.45, 7) is 0. The van der Waals surface area contributed by atoms with Gasteiger partial charge in [0.15, 0.2) is 0 Å². The van der Waals surface area contributed by atoms with Crippen LogP contribution in [0, 0.1) is 39.9 Å². The second-order valence-corrected chi connectivity index (χ2v) is 3.28. The molecule has 0 aromatic carbocycles. The summed E-state index contributed by atoms with van der Waals surface area (Å²) in [5, 5.41) is 25.4. The van der Waals surface area contributed by atoms with Crippen LogP contribution in [-0.2, 0) is 0 Å². The Labute approximate surface area is 85.6 Å². The third kappa shape index (κ3) is 7.14. The molecule has 0 N–H and O–H groups in total. The molecule has 0 radical (unpaired) electrons. The van der Waals surface area contributed by atoms with Crippen molar-refractivity contribution in [1.29, 1.82) is 15.8 Å². The summed E-state index contributed by atoms with van der Waals surface area (Å²) in [7, 11) is 0. The summed E-state index contributed by atoms with van der Waals surface area (Å²) in [5.41, 5.74) is 0. The normalized spacial score (nSPS) is 10.9. The fourth-order valence-corrected chi connectivity index (χ4v) is 1.30. The van der Waals surface area contributed by atoms with Crippen LogP contribution in [-0.4, -0.2) is 0 Å². The first-order chi connectivity index (χ1) is 6.85. The summed E-state index contributed by atoms with van der Waals surface area (Å²) in [6.07, 6.45) is 5.44.